The Morgan fingerprint density at radius 3 is 2.30 bits per heavy atom. The first-order chi connectivity index (χ1) is 25.4. The maximum Gasteiger partial charge on any atom is 0.433 e. The fraction of sp³-hybridized carbons (Fsp3) is 0.548. The van der Waals surface area contributed by atoms with Gasteiger partial charge in [0.05, 0.1) is 24.8 Å². The van der Waals surface area contributed by atoms with E-state index in [-0.39, 0.29) is 29.6 Å². The van der Waals surface area contributed by atoms with Gasteiger partial charge in [-0.05, 0) is 91.7 Å². The number of terminal acetylenes is 1. The summed E-state index contributed by atoms with van der Waals surface area (Å²) in [4.78, 5) is 36.7. The van der Waals surface area contributed by atoms with E-state index in [0.29, 0.717) is 43.2 Å². The second-order valence-electron chi connectivity index (χ2n) is 15.4. The van der Waals surface area contributed by atoms with Gasteiger partial charge in [-0.2, -0.15) is 13.2 Å². The van der Waals surface area contributed by atoms with E-state index >= 15 is 0 Å². The standard InChI is InChI=1S/C37H44F3N5O3.C3H8.C2H2/c1-3-34(46)44-19-23(13-24-16-36(17-24)21-48-22-36)14-28-31(43(2)27-9-7-26(8-10-27)25-5-4-6-25)11-12-45(32(28)20-44)35(47)29-18-42-33(15-30(29)41)37(38,39)40;1-3-2;1-2/h3,7-10,15,18,23-25,32H,1,4-6,11-14,16-17,19-22H2,2H3,(H2,41,42);3H2,1-2H3;1-2H. The number of halogens is 3. The van der Waals surface area contributed by atoms with E-state index < -0.39 is 23.8 Å². The fourth-order valence-corrected chi connectivity index (χ4v) is 8.71. The Morgan fingerprint density at radius 2 is 1.77 bits per heavy atom. The molecule has 2 aliphatic carbocycles. The number of nitrogens with zero attached hydrogens (tertiary/aromatic N) is 4. The lowest BCUT2D eigenvalue weighted by molar-refractivity contribution is -0.181. The van der Waals surface area contributed by atoms with Crippen molar-refractivity contribution in [3.8, 4) is 12.8 Å². The summed E-state index contributed by atoms with van der Waals surface area (Å²) in [6.07, 6.45) is 15.0. The van der Waals surface area contributed by atoms with Crippen molar-refractivity contribution in [3.05, 3.63) is 77.3 Å². The van der Waals surface area contributed by atoms with Gasteiger partial charge in [0.25, 0.3) is 5.91 Å². The van der Waals surface area contributed by atoms with Crippen molar-refractivity contribution in [1.29, 1.82) is 0 Å². The number of anilines is 2. The van der Waals surface area contributed by atoms with Crippen molar-refractivity contribution in [2.45, 2.75) is 89.8 Å². The van der Waals surface area contributed by atoms with Gasteiger partial charge in [0.2, 0.25) is 5.91 Å². The van der Waals surface area contributed by atoms with Crippen molar-refractivity contribution >= 4 is 23.2 Å². The average Bonchev–Trinajstić information content (AvgIpc) is 3.28. The molecule has 4 heterocycles. The molecule has 2 N–H and O–H groups in total. The van der Waals surface area contributed by atoms with E-state index in [2.05, 4.69) is 74.5 Å². The Labute approximate surface area is 312 Å². The number of nitrogen functional groups attached to an aromatic ring is 1. The fourth-order valence-electron chi connectivity index (χ4n) is 8.71. The molecule has 2 atom stereocenters. The van der Waals surface area contributed by atoms with Crippen LogP contribution in [0.1, 0.15) is 99.2 Å². The molecule has 5 aliphatic rings. The highest BCUT2D eigenvalue weighted by Crippen LogP contribution is 2.53. The van der Waals surface area contributed by atoms with E-state index in [1.807, 2.05) is 0 Å². The van der Waals surface area contributed by atoms with Crippen LogP contribution in [0.4, 0.5) is 24.5 Å². The molecular weight excluding hydrogens is 679 g/mol. The number of likely N-dealkylation sites (tertiary alicyclic amines) is 1. The molecule has 2 saturated heterocycles. The number of nitrogens with two attached hydrogens (primary N) is 1. The van der Waals surface area contributed by atoms with Crippen LogP contribution in [-0.4, -0.2) is 72.5 Å². The summed E-state index contributed by atoms with van der Waals surface area (Å²) in [7, 11) is 2.06. The van der Waals surface area contributed by atoms with Gasteiger partial charge in [-0.1, -0.05) is 45.4 Å². The van der Waals surface area contributed by atoms with Crippen molar-refractivity contribution in [2.24, 2.45) is 17.3 Å². The van der Waals surface area contributed by atoms with Crippen molar-refractivity contribution in [1.82, 2.24) is 14.8 Å². The Kier molecular flexibility index (Phi) is 12.6. The molecule has 1 aromatic heterocycles. The summed E-state index contributed by atoms with van der Waals surface area (Å²) in [6, 6.07) is 9.00. The topological polar surface area (TPSA) is 92.0 Å². The number of carbonyl (C=O) groups is 2. The van der Waals surface area contributed by atoms with Crippen LogP contribution in [0.2, 0.25) is 0 Å². The molecule has 286 valence electrons. The molecule has 2 unspecified atom stereocenters. The lowest BCUT2D eigenvalue weighted by atomic mass is 9.58. The zero-order chi connectivity index (χ0) is 38.5. The van der Waals surface area contributed by atoms with Gasteiger partial charge < -0.3 is 25.2 Å². The first kappa shape index (κ1) is 39.9. The van der Waals surface area contributed by atoms with Gasteiger partial charge in [-0.15, -0.1) is 12.8 Å². The summed E-state index contributed by atoms with van der Waals surface area (Å²) in [5, 5.41) is 0. The molecule has 0 bridgehead atoms. The number of carbonyl (C=O) groups excluding carboxylic acids is 2. The lowest BCUT2D eigenvalue weighted by Gasteiger charge is -2.54. The normalized spacial score (nSPS) is 22.3. The summed E-state index contributed by atoms with van der Waals surface area (Å²) >= 11 is 0. The van der Waals surface area contributed by atoms with Crippen LogP contribution >= 0.6 is 0 Å². The Morgan fingerprint density at radius 1 is 1.11 bits per heavy atom. The van der Waals surface area contributed by atoms with Crippen LogP contribution < -0.4 is 10.6 Å². The third-order valence-electron chi connectivity index (χ3n) is 11.5. The second-order valence-corrected chi connectivity index (χ2v) is 15.4. The second kappa shape index (κ2) is 16.8. The minimum atomic E-state index is -4.68. The minimum absolute atomic E-state index is 0.0735. The quantitative estimate of drug-likeness (QED) is 0.229. The third-order valence-corrected chi connectivity index (χ3v) is 11.5. The van der Waals surface area contributed by atoms with Crippen LogP contribution in [0.3, 0.4) is 0 Å². The molecule has 53 heavy (non-hydrogen) atoms. The van der Waals surface area contributed by atoms with Gasteiger partial charge in [-0.3, -0.25) is 14.6 Å². The molecule has 2 amide bonds. The first-order valence-electron chi connectivity index (χ1n) is 18.9. The van der Waals surface area contributed by atoms with Crippen LogP contribution in [0.5, 0.6) is 0 Å². The lowest BCUT2D eigenvalue weighted by Crippen LogP contribution is -2.52. The van der Waals surface area contributed by atoms with Crippen molar-refractivity contribution in [2.75, 3.05) is 50.5 Å². The number of hydrogen-bond donors (Lipinski definition) is 1. The van der Waals surface area contributed by atoms with E-state index in [1.54, 1.807) is 9.80 Å². The first-order valence-corrected chi connectivity index (χ1v) is 18.9. The molecule has 3 aliphatic heterocycles. The molecular formula is C42H54F3N5O3. The van der Waals surface area contributed by atoms with Gasteiger partial charge in [-0.25, -0.2) is 0 Å². The molecule has 1 aromatic carbocycles. The monoisotopic (exact) mass is 733 g/mol. The number of pyridine rings is 1. The number of aromatic nitrogens is 1. The van der Waals surface area contributed by atoms with Crippen LogP contribution in [0, 0.1) is 30.1 Å². The largest absolute Gasteiger partial charge is 0.433 e. The van der Waals surface area contributed by atoms with Crippen molar-refractivity contribution in [3.63, 3.8) is 0 Å². The highest BCUT2D eigenvalue weighted by molar-refractivity contribution is 5.99. The zero-order valence-electron chi connectivity index (χ0n) is 31.3. The molecule has 2 saturated carbocycles. The Bertz CT molecular complexity index is 1670. The molecule has 11 heteroatoms. The Balaban J connectivity index is 0.00000103. The molecule has 4 fully saturated rings. The summed E-state index contributed by atoms with van der Waals surface area (Å²) in [5.41, 5.74) is 9.53. The predicted molar refractivity (Wildman–Crippen MR) is 203 cm³/mol. The van der Waals surface area contributed by atoms with E-state index in [0.717, 1.165) is 61.7 Å². The zero-order valence-corrected chi connectivity index (χ0v) is 31.3. The van der Waals surface area contributed by atoms with E-state index in [9.17, 15) is 22.8 Å². The van der Waals surface area contributed by atoms with Crippen LogP contribution in [-0.2, 0) is 15.7 Å². The van der Waals surface area contributed by atoms with Gasteiger partial charge in [0, 0.05) is 61.8 Å². The van der Waals surface area contributed by atoms with Gasteiger partial charge in [0.15, 0.2) is 0 Å². The third kappa shape index (κ3) is 8.59. The van der Waals surface area contributed by atoms with E-state index in [1.165, 1.54) is 37.3 Å². The van der Waals surface area contributed by atoms with Crippen molar-refractivity contribution < 1.29 is 27.5 Å². The maximum absolute atomic E-state index is 14.2. The van der Waals surface area contributed by atoms with Crippen LogP contribution in [0.25, 0.3) is 0 Å². The van der Waals surface area contributed by atoms with Gasteiger partial charge in [0.1, 0.15) is 5.69 Å². The number of amides is 2. The highest BCUT2D eigenvalue weighted by Gasteiger charge is 2.50. The molecule has 1 spiro atoms. The number of ether oxygens (including phenoxy) is 1. The number of fused-ring (bicyclic) bond motifs is 1. The predicted octanol–water partition coefficient (Wildman–Crippen LogP) is 8.07. The number of benzene rings is 1. The number of rotatable bonds is 7. The average molecular weight is 734 g/mol. The van der Waals surface area contributed by atoms with Crippen LogP contribution in [0.15, 0.2) is 60.5 Å². The molecule has 0 radical (unpaired) electrons. The summed E-state index contributed by atoms with van der Waals surface area (Å²) < 4.78 is 45.6. The Hall–Kier alpha value is -4.30. The highest BCUT2D eigenvalue weighted by atomic mass is 19.4. The van der Waals surface area contributed by atoms with Gasteiger partial charge >= 0.3 is 6.18 Å². The number of alkyl halides is 3. The summed E-state index contributed by atoms with van der Waals surface area (Å²) in [5.74, 6) is 0.670. The summed E-state index contributed by atoms with van der Waals surface area (Å²) in [6.45, 7) is 10.8. The van der Waals surface area contributed by atoms with E-state index in [4.69, 9.17) is 10.5 Å². The number of hydrogen-bond acceptors (Lipinski definition) is 6. The minimum Gasteiger partial charge on any atom is -0.398 e. The molecule has 2 aromatic rings. The maximum atomic E-state index is 14.2. The SMILES string of the molecule is C#C.C=CC(=O)N1CC(CC2CC3(COC3)C2)CC2=C(N(C)c3ccc(C4CCC4)cc3)CCN(C(=O)c3cnc(C(F)(F)F)cc3N)C2C1.CCC. The smallest absolute Gasteiger partial charge is 0.398 e. The molecule has 7 rings (SSSR count). The molecule has 8 nitrogen and oxygen atoms in total.